The number of ether oxygens (including phenoxy) is 1. The van der Waals surface area contributed by atoms with Crippen LogP contribution in [-0.2, 0) is 9.53 Å². The first-order valence-electron chi connectivity index (χ1n) is 12.7. The van der Waals surface area contributed by atoms with Gasteiger partial charge in [-0.2, -0.15) is 0 Å². The molecule has 0 spiro atoms. The van der Waals surface area contributed by atoms with Gasteiger partial charge in [0.15, 0.2) is 11.5 Å². The molecule has 0 unspecified atom stereocenters. The van der Waals surface area contributed by atoms with Crippen molar-refractivity contribution in [1.29, 1.82) is 0 Å². The van der Waals surface area contributed by atoms with Crippen molar-refractivity contribution in [2.45, 2.75) is 58.2 Å². The van der Waals surface area contributed by atoms with Crippen LogP contribution >= 0.6 is 0 Å². The SMILES string of the molecule is Cc1nc(NC2CCN(C(=O)O[C@H]3CCN(C(=O)/C=C/CN(C)C)C3)CC2)c2ncn(C(C)C)c2n1. The lowest BCUT2D eigenvalue weighted by Gasteiger charge is -2.32. The highest BCUT2D eigenvalue weighted by molar-refractivity contribution is 5.88. The molecule has 2 aliphatic rings. The Morgan fingerprint density at radius 2 is 1.89 bits per heavy atom. The number of piperidine rings is 1. The highest BCUT2D eigenvalue weighted by Gasteiger charge is 2.31. The van der Waals surface area contributed by atoms with Gasteiger partial charge in [0.2, 0.25) is 5.91 Å². The fourth-order valence-corrected chi connectivity index (χ4v) is 4.62. The van der Waals surface area contributed by atoms with Crippen molar-refractivity contribution in [2.75, 3.05) is 52.1 Å². The summed E-state index contributed by atoms with van der Waals surface area (Å²) in [7, 11) is 3.91. The number of anilines is 1. The number of nitrogens with zero attached hydrogens (tertiary/aromatic N) is 7. The van der Waals surface area contributed by atoms with Crippen LogP contribution in [0.3, 0.4) is 0 Å². The predicted octanol–water partition coefficient (Wildman–Crippen LogP) is 2.45. The average molecular weight is 499 g/mol. The number of hydrogen-bond donors (Lipinski definition) is 1. The third kappa shape index (κ3) is 6.13. The Bertz CT molecular complexity index is 1100. The van der Waals surface area contributed by atoms with E-state index >= 15 is 0 Å². The first-order chi connectivity index (χ1) is 17.2. The van der Waals surface area contributed by atoms with Gasteiger partial charge in [-0.05, 0) is 47.7 Å². The van der Waals surface area contributed by atoms with E-state index < -0.39 is 0 Å². The predicted molar refractivity (Wildman–Crippen MR) is 138 cm³/mol. The molecule has 196 valence electrons. The molecule has 2 amide bonds. The number of likely N-dealkylation sites (tertiary alicyclic amines) is 2. The van der Waals surface area contributed by atoms with Crippen LogP contribution in [-0.4, -0.2) is 105 Å². The number of rotatable bonds is 7. The molecule has 2 saturated heterocycles. The average Bonchev–Trinajstić information content (AvgIpc) is 3.46. The molecule has 4 rings (SSSR count). The van der Waals surface area contributed by atoms with Crippen LogP contribution in [0.1, 0.15) is 45.0 Å². The van der Waals surface area contributed by atoms with Gasteiger partial charge < -0.3 is 29.3 Å². The van der Waals surface area contributed by atoms with Gasteiger partial charge in [-0.25, -0.2) is 19.7 Å². The summed E-state index contributed by atoms with van der Waals surface area (Å²) in [5.41, 5.74) is 1.60. The Hall–Kier alpha value is -3.21. The van der Waals surface area contributed by atoms with Crippen molar-refractivity contribution >= 4 is 29.0 Å². The van der Waals surface area contributed by atoms with Crippen LogP contribution in [0.2, 0.25) is 0 Å². The molecule has 36 heavy (non-hydrogen) atoms. The molecule has 2 aromatic heterocycles. The lowest BCUT2D eigenvalue weighted by atomic mass is 10.1. The van der Waals surface area contributed by atoms with Crippen LogP contribution in [0.15, 0.2) is 18.5 Å². The number of carbonyl (C=O) groups excluding carboxylic acids is 2. The van der Waals surface area contributed by atoms with E-state index in [9.17, 15) is 9.59 Å². The first kappa shape index (κ1) is 25.9. The molecular weight excluding hydrogens is 460 g/mol. The maximum atomic E-state index is 12.8. The maximum Gasteiger partial charge on any atom is 0.410 e. The largest absolute Gasteiger partial charge is 0.444 e. The van der Waals surface area contributed by atoms with E-state index in [1.54, 1.807) is 15.9 Å². The number of amides is 2. The topological polar surface area (TPSA) is 109 Å². The summed E-state index contributed by atoms with van der Waals surface area (Å²) in [4.78, 5) is 44.3. The molecule has 0 bridgehead atoms. The van der Waals surface area contributed by atoms with Crippen LogP contribution in [0.5, 0.6) is 0 Å². The molecule has 11 heteroatoms. The third-order valence-corrected chi connectivity index (χ3v) is 6.64. The zero-order valence-electron chi connectivity index (χ0n) is 22.0. The standard InChI is InChI=1S/C25H38N8O3/c1-17(2)33-16-26-22-23(27-18(3)28-24(22)33)29-19-8-12-31(13-9-19)25(35)36-20-10-14-32(15-20)21(34)7-6-11-30(4)5/h6-7,16-17,19-20H,8-15H2,1-5H3,(H,27,28,29)/b7-6+/t20-/m0/s1. The Kier molecular flexibility index (Phi) is 8.07. The van der Waals surface area contributed by atoms with Gasteiger partial charge in [-0.15, -0.1) is 0 Å². The Morgan fingerprint density at radius 1 is 1.17 bits per heavy atom. The fourth-order valence-electron chi connectivity index (χ4n) is 4.62. The molecule has 2 fully saturated rings. The number of aryl methyl sites for hydroxylation is 1. The second-order valence-electron chi connectivity index (χ2n) is 10.2. The lowest BCUT2D eigenvalue weighted by Crippen LogP contribution is -2.44. The molecule has 0 aromatic carbocycles. The maximum absolute atomic E-state index is 12.8. The van der Waals surface area contributed by atoms with Gasteiger partial charge in [-0.3, -0.25) is 4.79 Å². The smallest absolute Gasteiger partial charge is 0.410 e. The van der Waals surface area contributed by atoms with Crippen LogP contribution < -0.4 is 5.32 Å². The van der Waals surface area contributed by atoms with Crippen molar-refractivity contribution < 1.29 is 14.3 Å². The first-order valence-corrected chi connectivity index (χ1v) is 12.7. The Morgan fingerprint density at radius 3 is 2.58 bits per heavy atom. The van der Waals surface area contributed by atoms with Crippen LogP contribution in [0.25, 0.3) is 11.2 Å². The minimum atomic E-state index is -0.299. The van der Waals surface area contributed by atoms with Gasteiger partial charge in [-0.1, -0.05) is 6.08 Å². The van der Waals surface area contributed by atoms with Crippen molar-refractivity contribution in [3.05, 3.63) is 24.3 Å². The quantitative estimate of drug-likeness (QED) is 0.580. The number of aromatic nitrogens is 4. The lowest BCUT2D eigenvalue weighted by molar-refractivity contribution is -0.125. The van der Waals surface area contributed by atoms with E-state index in [-0.39, 0.29) is 30.2 Å². The van der Waals surface area contributed by atoms with Crippen molar-refractivity contribution in [1.82, 2.24) is 34.2 Å². The summed E-state index contributed by atoms with van der Waals surface area (Å²) in [6, 6.07) is 0.445. The molecule has 1 N–H and O–H groups in total. The van der Waals surface area contributed by atoms with Crippen molar-refractivity contribution in [3.8, 4) is 0 Å². The third-order valence-electron chi connectivity index (χ3n) is 6.64. The van der Waals surface area contributed by atoms with E-state index in [0.717, 1.165) is 29.8 Å². The second kappa shape index (κ2) is 11.2. The highest BCUT2D eigenvalue weighted by atomic mass is 16.6. The van der Waals surface area contributed by atoms with E-state index in [1.165, 1.54) is 0 Å². The van der Waals surface area contributed by atoms with E-state index in [0.29, 0.717) is 45.0 Å². The molecule has 2 aliphatic heterocycles. The minimum Gasteiger partial charge on any atom is -0.444 e. The van der Waals surface area contributed by atoms with Crippen LogP contribution in [0, 0.1) is 6.92 Å². The Labute approximate surface area is 212 Å². The van der Waals surface area contributed by atoms with E-state index in [2.05, 4.69) is 34.1 Å². The van der Waals surface area contributed by atoms with Crippen LogP contribution in [0.4, 0.5) is 10.6 Å². The molecule has 2 aromatic rings. The molecular formula is C25H38N8O3. The number of carbonyl (C=O) groups is 2. The molecule has 11 nitrogen and oxygen atoms in total. The van der Waals surface area contributed by atoms with Gasteiger partial charge in [0.1, 0.15) is 17.4 Å². The summed E-state index contributed by atoms with van der Waals surface area (Å²) in [5.74, 6) is 1.41. The highest BCUT2D eigenvalue weighted by Crippen LogP contribution is 2.24. The number of imidazole rings is 1. The number of likely N-dealkylation sites (N-methyl/N-ethyl adjacent to an activating group) is 1. The summed E-state index contributed by atoms with van der Waals surface area (Å²) in [5, 5.41) is 3.53. The summed E-state index contributed by atoms with van der Waals surface area (Å²) < 4.78 is 7.78. The molecule has 0 aliphatic carbocycles. The molecule has 0 saturated carbocycles. The summed E-state index contributed by atoms with van der Waals surface area (Å²) >= 11 is 0. The Balaban J connectivity index is 1.26. The fraction of sp³-hybridized carbons (Fsp3) is 0.640. The molecule has 1 atom stereocenters. The van der Waals surface area contributed by atoms with E-state index in [4.69, 9.17) is 4.74 Å². The monoisotopic (exact) mass is 498 g/mol. The van der Waals surface area contributed by atoms with Gasteiger partial charge in [0.05, 0.1) is 12.9 Å². The normalized spacial score (nSPS) is 19.2. The number of fused-ring (bicyclic) bond motifs is 1. The zero-order chi connectivity index (χ0) is 25.8. The van der Waals surface area contributed by atoms with Crippen molar-refractivity contribution in [3.63, 3.8) is 0 Å². The zero-order valence-corrected chi connectivity index (χ0v) is 22.0. The van der Waals surface area contributed by atoms with Gasteiger partial charge in [0.25, 0.3) is 0 Å². The second-order valence-corrected chi connectivity index (χ2v) is 10.2. The van der Waals surface area contributed by atoms with Crippen molar-refractivity contribution in [2.24, 2.45) is 0 Å². The van der Waals surface area contributed by atoms with Gasteiger partial charge >= 0.3 is 6.09 Å². The summed E-state index contributed by atoms with van der Waals surface area (Å²) in [6.45, 7) is 9.06. The molecule has 4 heterocycles. The summed E-state index contributed by atoms with van der Waals surface area (Å²) in [6.07, 6.45) is 6.95. The number of nitrogens with one attached hydrogen (secondary N) is 1. The molecule has 0 radical (unpaired) electrons. The van der Waals surface area contributed by atoms with Gasteiger partial charge in [0, 0.05) is 50.8 Å². The minimum absolute atomic E-state index is 0.0328. The van der Waals surface area contributed by atoms with E-state index in [1.807, 2.05) is 42.9 Å². The number of hydrogen-bond acceptors (Lipinski definition) is 8.